The molecule has 136 valence electrons. The Morgan fingerprint density at radius 3 is 2.48 bits per heavy atom. The van der Waals surface area contributed by atoms with Crippen molar-refractivity contribution in [3.8, 4) is 11.5 Å². The Morgan fingerprint density at radius 2 is 1.78 bits per heavy atom. The van der Waals surface area contributed by atoms with E-state index in [2.05, 4.69) is 15.2 Å². The summed E-state index contributed by atoms with van der Waals surface area (Å²) in [6, 6.07) is 17.1. The van der Waals surface area contributed by atoms with E-state index in [4.69, 9.17) is 4.74 Å². The van der Waals surface area contributed by atoms with Gasteiger partial charge in [-0.3, -0.25) is 5.10 Å². The smallest absolute Gasteiger partial charge is 0.274 e. The Labute approximate surface area is 159 Å². The third-order valence-corrected chi connectivity index (χ3v) is 6.00. The molecule has 9 heteroatoms. The van der Waals surface area contributed by atoms with E-state index in [0.717, 1.165) is 4.31 Å². The average Bonchev–Trinajstić information content (AvgIpc) is 3.38. The fraction of sp³-hybridized carbons (Fsp3) is 0. The fourth-order valence-corrected chi connectivity index (χ4v) is 4.61. The Balaban J connectivity index is 1.82. The lowest BCUT2D eigenvalue weighted by Crippen LogP contribution is -2.27. The molecule has 0 atom stereocenters. The summed E-state index contributed by atoms with van der Waals surface area (Å²) in [5.74, 6) is 1.33. The maximum atomic E-state index is 13.5. The zero-order chi connectivity index (χ0) is 18.7. The zero-order valence-corrected chi connectivity index (χ0v) is 15.5. The van der Waals surface area contributed by atoms with Crippen LogP contribution >= 0.6 is 11.3 Å². The van der Waals surface area contributed by atoms with Crippen LogP contribution in [0.5, 0.6) is 11.5 Å². The van der Waals surface area contributed by atoms with Crippen molar-refractivity contribution in [2.24, 2.45) is 0 Å². The lowest BCUT2D eigenvalue weighted by molar-refractivity contribution is 0.467. The summed E-state index contributed by atoms with van der Waals surface area (Å²) in [6.45, 7) is 0. The van der Waals surface area contributed by atoms with Crippen molar-refractivity contribution in [1.82, 2.24) is 15.2 Å². The van der Waals surface area contributed by atoms with E-state index in [1.807, 2.05) is 18.2 Å². The summed E-state index contributed by atoms with van der Waals surface area (Å²) in [6.07, 6.45) is 1.48. The number of nitrogens with one attached hydrogen (secondary N) is 1. The molecule has 27 heavy (non-hydrogen) atoms. The Kier molecular flexibility index (Phi) is 4.61. The molecule has 0 radical (unpaired) electrons. The molecular weight excluding hydrogens is 384 g/mol. The molecule has 0 saturated carbocycles. The van der Waals surface area contributed by atoms with Gasteiger partial charge in [-0.15, -0.1) is 11.3 Å². The van der Waals surface area contributed by atoms with Gasteiger partial charge in [-0.25, -0.2) is 13.4 Å². The molecular formula is C18H14N4O3S2. The highest BCUT2D eigenvalue weighted by Crippen LogP contribution is 2.36. The maximum Gasteiger partial charge on any atom is 0.274 e. The number of hydrogen-bond donors (Lipinski definition) is 1. The largest absolute Gasteiger partial charge is 0.456 e. The molecule has 0 saturated heterocycles. The van der Waals surface area contributed by atoms with Crippen LogP contribution in [-0.4, -0.2) is 23.6 Å². The second-order valence-corrected chi connectivity index (χ2v) is 7.89. The highest BCUT2D eigenvalue weighted by molar-refractivity contribution is 7.93. The molecule has 0 aliphatic heterocycles. The number of hydrogen-bond acceptors (Lipinski definition) is 6. The van der Waals surface area contributed by atoms with Crippen molar-refractivity contribution >= 4 is 33.0 Å². The summed E-state index contributed by atoms with van der Waals surface area (Å²) < 4.78 is 34.0. The molecule has 0 amide bonds. The standard InChI is InChI=1S/C18H14N4O3S2/c23-27(24,22(17-10-11-20-21-17)18-12-26-13-19-18)16-9-5-4-8-15(16)25-14-6-2-1-3-7-14/h1-13H,(H,20,21). The lowest BCUT2D eigenvalue weighted by atomic mass is 10.3. The predicted octanol–water partition coefficient (Wildman–Crippen LogP) is 4.19. The molecule has 0 unspecified atom stereocenters. The first-order valence-corrected chi connectivity index (χ1v) is 10.3. The SMILES string of the molecule is O=S(=O)(c1ccccc1Oc1ccccc1)N(c1cscn1)c1ccn[nH]1. The zero-order valence-electron chi connectivity index (χ0n) is 13.9. The summed E-state index contributed by atoms with van der Waals surface area (Å²) >= 11 is 1.30. The number of benzene rings is 2. The van der Waals surface area contributed by atoms with Crippen molar-refractivity contribution in [2.75, 3.05) is 4.31 Å². The predicted molar refractivity (Wildman–Crippen MR) is 103 cm³/mol. The molecule has 2 aromatic carbocycles. The highest BCUT2D eigenvalue weighted by atomic mass is 32.2. The third-order valence-electron chi connectivity index (χ3n) is 3.67. The number of aromatic amines is 1. The number of sulfonamides is 1. The molecule has 4 aromatic rings. The lowest BCUT2D eigenvalue weighted by Gasteiger charge is -2.21. The van der Waals surface area contributed by atoms with E-state index in [9.17, 15) is 8.42 Å². The quantitative estimate of drug-likeness (QED) is 0.526. The summed E-state index contributed by atoms with van der Waals surface area (Å²) in [4.78, 5) is 4.18. The number of rotatable bonds is 6. The molecule has 0 aliphatic carbocycles. The van der Waals surface area contributed by atoms with Gasteiger partial charge in [-0.05, 0) is 24.3 Å². The molecule has 2 aromatic heterocycles. The number of nitrogens with zero attached hydrogens (tertiary/aromatic N) is 3. The van der Waals surface area contributed by atoms with Gasteiger partial charge >= 0.3 is 0 Å². The fourth-order valence-electron chi connectivity index (χ4n) is 2.51. The van der Waals surface area contributed by atoms with Crippen LogP contribution in [0, 0.1) is 0 Å². The van der Waals surface area contributed by atoms with E-state index in [1.54, 1.807) is 47.3 Å². The van der Waals surface area contributed by atoms with Crippen LogP contribution in [-0.2, 0) is 10.0 Å². The van der Waals surface area contributed by atoms with Crippen LogP contribution in [0.1, 0.15) is 0 Å². The molecule has 0 spiro atoms. The molecule has 1 N–H and O–H groups in total. The summed E-state index contributed by atoms with van der Waals surface area (Å²) in [7, 11) is -4.02. The van der Waals surface area contributed by atoms with E-state index >= 15 is 0 Å². The minimum absolute atomic E-state index is 0.0245. The van der Waals surface area contributed by atoms with E-state index in [1.165, 1.54) is 23.6 Å². The third kappa shape index (κ3) is 3.42. The van der Waals surface area contributed by atoms with Crippen molar-refractivity contribution in [3.05, 3.63) is 77.8 Å². The molecule has 7 nitrogen and oxygen atoms in total. The molecule has 4 rings (SSSR count). The van der Waals surface area contributed by atoms with Crippen molar-refractivity contribution in [2.45, 2.75) is 4.90 Å². The first-order valence-electron chi connectivity index (χ1n) is 7.91. The van der Waals surface area contributed by atoms with Crippen molar-refractivity contribution in [3.63, 3.8) is 0 Å². The van der Waals surface area contributed by atoms with E-state index < -0.39 is 10.0 Å². The van der Waals surface area contributed by atoms with Crippen LogP contribution in [0.25, 0.3) is 0 Å². The number of aromatic nitrogens is 3. The number of ether oxygens (including phenoxy) is 1. The molecule has 0 bridgehead atoms. The number of H-pyrrole nitrogens is 1. The summed E-state index contributed by atoms with van der Waals surface area (Å²) in [5.41, 5.74) is 1.57. The normalized spacial score (nSPS) is 11.3. The average molecular weight is 398 g/mol. The van der Waals surface area contributed by atoms with E-state index in [0.29, 0.717) is 5.75 Å². The topological polar surface area (TPSA) is 88.2 Å². The van der Waals surface area contributed by atoms with Crippen molar-refractivity contribution < 1.29 is 13.2 Å². The monoisotopic (exact) mass is 398 g/mol. The van der Waals surface area contributed by atoms with Gasteiger partial charge in [0.05, 0.1) is 11.7 Å². The maximum absolute atomic E-state index is 13.5. The van der Waals surface area contributed by atoms with Crippen LogP contribution in [0.15, 0.2) is 82.6 Å². The molecule has 2 heterocycles. The number of anilines is 2. The van der Waals surface area contributed by atoms with Crippen LogP contribution in [0.4, 0.5) is 11.6 Å². The van der Waals surface area contributed by atoms with Gasteiger partial charge in [0.25, 0.3) is 10.0 Å². The van der Waals surface area contributed by atoms with Crippen LogP contribution in [0.2, 0.25) is 0 Å². The van der Waals surface area contributed by atoms with E-state index in [-0.39, 0.29) is 22.3 Å². The van der Waals surface area contributed by atoms with Gasteiger partial charge < -0.3 is 4.74 Å². The molecule has 0 fully saturated rings. The second-order valence-electron chi connectivity index (χ2n) is 5.42. The van der Waals surface area contributed by atoms with Crippen molar-refractivity contribution in [1.29, 1.82) is 0 Å². The molecule has 0 aliphatic rings. The summed E-state index contributed by atoms with van der Waals surface area (Å²) in [5, 5.41) is 8.21. The Morgan fingerprint density at radius 1 is 1.00 bits per heavy atom. The Bertz CT molecular complexity index is 1080. The number of para-hydroxylation sites is 2. The van der Waals surface area contributed by atoms with Gasteiger partial charge in [0.1, 0.15) is 22.2 Å². The van der Waals surface area contributed by atoms with Gasteiger partial charge in [0, 0.05) is 11.4 Å². The van der Waals surface area contributed by atoms with Gasteiger partial charge in [0.15, 0.2) is 5.82 Å². The second kappa shape index (κ2) is 7.22. The van der Waals surface area contributed by atoms with Crippen LogP contribution < -0.4 is 9.04 Å². The number of thiazole rings is 1. The first-order chi connectivity index (χ1) is 13.2. The highest BCUT2D eigenvalue weighted by Gasteiger charge is 2.31. The minimum Gasteiger partial charge on any atom is -0.456 e. The van der Waals surface area contributed by atoms with Gasteiger partial charge in [-0.1, -0.05) is 30.3 Å². The Hall–Kier alpha value is -3.17. The first kappa shape index (κ1) is 17.3. The minimum atomic E-state index is -4.02. The van der Waals surface area contributed by atoms with Gasteiger partial charge in [0.2, 0.25) is 0 Å². The van der Waals surface area contributed by atoms with Crippen LogP contribution in [0.3, 0.4) is 0 Å². The van der Waals surface area contributed by atoms with Gasteiger partial charge in [-0.2, -0.15) is 9.40 Å².